The third-order valence-corrected chi connectivity index (χ3v) is 12.2. The number of nitrogens with zero attached hydrogens (tertiary/aromatic N) is 2. The first-order chi connectivity index (χ1) is 36.8. The van der Waals surface area contributed by atoms with E-state index in [1.807, 2.05) is 31.2 Å². The molecule has 10 N–H and O–H groups in total. The van der Waals surface area contributed by atoms with Crippen molar-refractivity contribution in [2.45, 2.75) is 105 Å². The normalized spacial score (nSPS) is 11.5. The summed E-state index contributed by atoms with van der Waals surface area (Å²) in [6.07, 6.45) is 7.30. The van der Waals surface area contributed by atoms with E-state index >= 15 is 0 Å². The number of amides is 3. The van der Waals surface area contributed by atoms with Gasteiger partial charge in [-0.3, -0.25) is 33.8 Å². The van der Waals surface area contributed by atoms with E-state index in [1.54, 1.807) is 34.6 Å². The van der Waals surface area contributed by atoms with Gasteiger partial charge in [-0.05, 0) is 63.4 Å². The standard InChI is InChI=1S/C19H18N4O.C16H27N3O6.C12H21NO5S2.3CO2/c1-3-10-23(15-7-4-13(2)5-8-15)12-14-6-9-17-16(11-14)18(24)22-19(20)21-17;1-8(5-10(3)20)14(22)18-11(4)13(21)6-9(2)15(23)19-12(7-17)16(24)25;1-3-7-19-20-8-6-18-11(15)5-4-10(12(16)17)13-9(2)14;3*2-1-3/h1,4-9,11H,10,12H2,2H3,(H3,20,21,22,24);8-9,11-12H,5-7,17H2,1-4H3,(H,18,22)(H,19,23)(H,24,25);10H,3-8H2,1-2H3,(H,13,14)(H,16,17);;;/t;8-,9-,11+,12+;;;;/m.1..../s1. The molecule has 3 aromatic rings. The van der Waals surface area contributed by atoms with Gasteiger partial charge < -0.3 is 52.1 Å². The number of fused-ring (bicyclic) bond motifs is 1. The molecule has 0 spiro atoms. The van der Waals surface area contributed by atoms with Crippen molar-refractivity contribution < 1.29 is 82.1 Å². The molecule has 0 radical (unpaired) electrons. The molecule has 0 fully saturated rings. The van der Waals surface area contributed by atoms with Crippen LogP contribution in [0.2, 0.25) is 0 Å². The lowest BCUT2D eigenvalue weighted by molar-refractivity contribution is -0.193. The second-order valence-electron chi connectivity index (χ2n) is 16.2. The highest BCUT2D eigenvalue weighted by atomic mass is 33.1. The van der Waals surface area contributed by atoms with Gasteiger partial charge in [-0.15, -0.1) is 6.42 Å². The number of benzene rings is 2. The maximum Gasteiger partial charge on any atom is 0.373 e. The number of nitrogen functional groups attached to an aromatic ring is 1. The number of rotatable bonds is 26. The Hall–Kier alpha value is -8.30. The third-order valence-electron chi connectivity index (χ3n) is 9.64. The van der Waals surface area contributed by atoms with Crippen LogP contribution in [0.25, 0.3) is 10.9 Å². The van der Waals surface area contributed by atoms with E-state index in [9.17, 15) is 43.2 Å². The predicted molar refractivity (Wildman–Crippen MR) is 283 cm³/mol. The summed E-state index contributed by atoms with van der Waals surface area (Å²) in [5.41, 5.74) is 14.4. The number of terminal acetylenes is 1. The number of anilines is 2. The predicted octanol–water partition coefficient (Wildman–Crippen LogP) is 1.62. The highest BCUT2D eigenvalue weighted by Gasteiger charge is 2.27. The highest BCUT2D eigenvalue weighted by molar-refractivity contribution is 8.76. The second-order valence-corrected chi connectivity index (χ2v) is 18.9. The molecule has 0 aliphatic carbocycles. The number of hydrogen-bond acceptors (Lipinski definition) is 22. The monoisotopic (exact) mass is 1130 g/mol. The summed E-state index contributed by atoms with van der Waals surface area (Å²) >= 11 is 0. The molecule has 28 heteroatoms. The fourth-order valence-corrected chi connectivity index (χ4v) is 7.89. The zero-order chi connectivity index (χ0) is 60.3. The van der Waals surface area contributed by atoms with E-state index in [-0.39, 0.29) is 73.8 Å². The van der Waals surface area contributed by atoms with Crippen LogP contribution >= 0.6 is 21.6 Å². The van der Waals surface area contributed by atoms with Crippen molar-refractivity contribution in [1.29, 1.82) is 0 Å². The van der Waals surface area contributed by atoms with E-state index in [2.05, 4.69) is 55.8 Å². The zero-order valence-corrected chi connectivity index (χ0v) is 45.7. The summed E-state index contributed by atoms with van der Waals surface area (Å²) in [5.74, 6) is -1.53. The Balaban J connectivity index is -0.00000101. The highest BCUT2D eigenvalue weighted by Crippen LogP contribution is 2.22. The number of H-pyrrole nitrogens is 1. The smallest absolute Gasteiger partial charge is 0.373 e. The first-order valence-corrected chi connectivity index (χ1v) is 25.7. The Labute approximate surface area is 457 Å². The quantitative estimate of drug-likeness (QED) is 0.0245. The number of aryl methyl sites for hydroxylation is 1. The molecular weight excluding hydrogens is 1060 g/mol. The number of carboxylic acid groups (broad SMARTS) is 2. The van der Waals surface area contributed by atoms with Crippen molar-refractivity contribution in [3.63, 3.8) is 0 Å². The second kappa shape index (κ2) is 43.9. The molecule has 3 amide bonds. The van der Waals surface area contributed by atoms with E-state index < -0.39 is 65.6 Å². The number of carbonyl (C=O) groups is 8. The molecule has 1 unspecified atom stereocenters. The average molecular weight is 1130 g/mol. The Bertz CT molecular complexity index is 2580. The minimum absolute atomic E-state index is 0.0238. The zero-order valence-electron chi connectivity index (χ0n) is 44.1. The van der Waals surface area contributed by atoms with Crippen LogP contribution in [-0.2, 0) is 78.4 Å². The van der Waals surface area contributed by atoms with Gasteiger partial charge in [0.1, 0.15) is 24.5 Å². The van der Waals surface area contributed by atoms with Gasteiger partial charge in [0.25, 0.3) is 5.56 Å². The molecule has 0 bridgehead atoms. The number of ketones is 2. The van der Waals surface area contributed by atoms with Gasteiger partial charge >= 0.3 is 36.4 Å². The Morgan fingerprint density at radius 1 is 0.808 bits per heavy atom. The first kappa shape index (κ1) is 73.9. The number of Topliss-reactive ketones (excluding diaryl/α,β-unsaturated/α-hetero) is 2. The van der Waals surface area contributed by atoms with Gasteiger partial charge in [0.15, 0.2) is 5.78 Å². The van der Waals surface area contributed by atoms with Crippen LogP contribution in [0, 0.1) is 31.1 Å². The Kier molecular flexibility index (Phi) is 41.6. The molecule has 0 saturated heterocycles. The van der Waals surface area contributed by atoms with Crippen LogP contribution in [0.15, 0.2) is 47.3 Å². The molecule has 426 valence electrons. The number of esters is 1. The molecule has 2 aromatic carbocycles. The molecule has 0 saturated carbocycles. The molecule has 3 rings (SSSR count). The summed E-state index contributed by atoms with van der Waals surface area (Å²) in [6.45, 7) is 12.5. The van der Waals surface area contributed by atoms with E-state index in [0.29, 0.717) is 36.4 Å². The number of aromatic amines is 1. The molecule has 1 aromatic heterocycles. The third kappa shape index (κ3) is 35.0. The number of carbonyl (C=O) groups excluding carboxylic acids is 12. The largest absolute Gasteiger partial charge is 0.480 e. The average Bonchev–Trinajstić information content (AvgIpc) is 3.36. The summed E-state index contributed by atoms with van der Waals surface area (Å²) in [7, 11) is 3.38. The van der Waals surface area contributed by atoms with E-state index in [0.717, 1.165) is 23.4 Å². The summed E-state index contributed by atoms with van der Waals surface area (Å²) in [6, 6.07) is 10.7. The minimum Gasteiger partial charge on any atom is -0.480 e. The van der Waals surface area contributed by atoms with Crippen molar-refractivity contribution >= 4 is 110 Å². The molecule has 1 heterocycles. The number of hydrogen-bond donors (Lipinski definition) is 8. The van der Waals surface area contributed by atoms with Crippen LogP contribution in [-0.4, -0.2) is 135 Å². The summed E-state index contributed by atoms with van der Waals surface area (Å²) < 4.78 is 4.98. The lowest BCUT2D eigenvalue weighted by atomic mass is 9.98. The number of aromatic nitrogens is 2. The fourth-order valence-electron chi connectivity index (χ4n) is 5.92. The van der Waals surface area contributed by atoms with Crippen LogP contribution in [0.4, 0.5) is 11.6 Å². The van der Waals surface area contributed by atoms with Crippen molar-refractivity contribution in [3.8, 4) is 12.3 Å². The van der Waals surface area contributed by atoms with Crippen molar-refractivity contribution in [1.82, 2.24) is 25.9 Å². The maximum atomic E-state index is 12.1. The van der Waals surface area contributed by atoms with Gasteiger partial charge in [-0.2, -0.15) is 28.8 Å². The maximum absolute atomic E-state index is 12.1. The SMILES string of the molecule is C#CCN(Cc1ccc2nc(N)[nH]c(=O)c2c1)c1ccc(C)cc1.CC(=O)C[C@@H](C)C(=O)N[C@@H](C)C(=O)C[C@@H](C)C(=O)N[C@@H](CN)C(=O)O.CCCSSCCOC(=O)CCC(NC(C)=O)C(=O)O.O=C=O.O=C=O.O=C=O. The number of carboxylic acids is 2. The van der Waals surface area contributed by atoms with Crippen LogP contribution in [0.3, 0.4) is 0 Å². The summed E-state index contributed by atoms with van der Waals surface area (Å²) in [4.78, 5) is 160. The van der Waals surface area contributed by atoms with Crippen molar-refractivity contribution in [2.24, 2.45) is 17.6 Å². The van der Waals surface area contributed by atoms with Gasteiger partial charge in [0, 0.05) is 68.3 Å². The number of ether oxygens (including phenoxy) is 1. The van der Waals surface area contributed by atoms with Gasteiger partial charge in [-0.25, -0.2) is 14.6 Å². The van der Waals surface area contributed by atoms with Gasteiger partial charge in [-0.1, -0.05) is 72.0 Å². The molecule has 0 aliphatic heterocycles. The topological polar surface area (TPSA) is 426 Å². The minimum atomic E-state index is -1.26. The van der Waals surface area contributed by atoms with Gasteiger partial charge in [0.05, 0.1) is 23.5 Å². The molecule has 78 heavy (non-hydrogen) atoms. The number of nitrogens with one attached hydrogen (secondary N) is 4. The Morgan fingerprint density at radius 2 is 1.35 bits per heavy atom. The summed E-state index contributed by atoms with van der Waals surface area (Å²) in [5, 5.41) is 25.3. The van der Waals surface area contributed by atoms with Gasteiger partial charge in [0.2, 0.25) is 23.7 Å². The van der Waals surface area contributed by atoms with Crippen molar-refractivity contribution in [3.05, 3.63) is 63.9 Å². The first-order valence-electron chi connectivity index (χ1n) is 23.2. The van der Waals surface area contributed by atoms with Crippen LogP contribution < -0.4 is 37.9 Å². The number of aliphatic carboxylic acids is 2. The molecular formula is C50H66N8O18S2. The van der Waals surface area contributed by atoms with E-state index in [4.69, 9.17) is 61.6 Å². The van der Waals surface area contributed by atoms with Crippen molar-refractivity contribution in [2.75, 3.05) is 41.8 Å². The molecule has 5 atom stereocenters. The Morgan fingerprint density at radius 3 is 1.85 bits per heavy atom. The van der Waals surface area contributed by atoms with E-state index in [1.165, 1.54) is 33.3 Å². The number of nitrogens with two attached hydrogens (primary N) is 2. The molecule has 26 nitrogen and oxygen atoms in total. The van der Waals surface area contributed by atoms with Crippen LogP contribution in [0.1, 0.15) is 84.8 Å². The molecule has 0 aliphatic rings. The fraction of sp³-hybridized carbons (Fsp3) is 0.460. The lowest BCUT2D eigenvalue weighted by Gasteiger charge is -2.23. The van der Waals surface area contributed by atoms with Crippen LogP contribution in [0.5, 0.6) is 0 Å². The lowest BCUT2D eigenvalue weighted by Crippen LogP contribution is -2.48.